The van der Waals surface area contributed by atoms with Gasteiger partial charge in [0.1, 0.15) is 11.5 Å². The number of carbonyl (C=O) groups is 1. The number of likely N-dealkylation sites (tertiary alicyclic amines) is 1. The van der Waals surface area contributed by atoms with Crippen molar-refractivity contribution in [2.45, 2.75) is 57.5 Å². The maximum Gasteiger partial charge on any atom is 0.141 e. The van der Waals surface area contributed by atoms with E-state index in [1.54, 1.807) is 7.11 Å². The lowest BCUT2D eigenvalue weighted by atomic mass is 9.86. The van der Waals surface area contributed by atoms with E-state index in [4.69, 9.17) is 4.74 Å². The maximum atomic E-state index is 13.6. The van der Waals surface area contributed by atoms with Gasteiger partial charge in [-0.25, -0.2) is 0 Å². The van der Waals surface area contributed by atoms with Gasteiger partial charge in [0.2, 0.25) is 0 Å². The summed E-state index contributed by atoms with van der Waals surface area (Å²) < 4.78 is 5.38. The number of piperidine rings is 1. The van der Waals surface area contributed by atoms with Crippen molar-refractivity contribution in [1.82, 2.24) is 9.80 Å². The van der Waals surface area contributed by atoms with E-state index in [2.05, 4.69) is 82.6 Å². The van der Waals surface area contributed by atoms with Gasteiger partial charge in [0.25, 0.3) is 0 Å². The Morgan fingerprint density at radius 1 is 0.842 bits per heavy atom. The Morgan fingerprint density at radius 2 is 1.58 bits per heavy atom. The van der Waals surface area contributed by atoms with Gasteiger partial charge in [-0.15, -0.1) is 0 Å². The van der Waals surface area contributed by atoms with Gasteiger partial charge in [-0.1, -0.05) is 66.7 Å². The highest BCUT2D eigenvalue weighted by atomic mass is 16.5. The fraction of sp³-hybridized carbons (Fsp3) is 0.441. The van der Waals surface area contributed by atoms with Crippen LogP contribution in [-0.4, -0.2) is 48.9 Å². The first-order valence-electron chi connectivity index (χ1n) is 14.4. The van der Waals surface area contributed by atoms with Crippen molar-refractivity contribution in [2.24, 2.45) is 5.92 Å². The molecule has 0 bridgehead atoms. The normalized spacial score (nSPS) is 19.0. The molecule has 4 heteroatoms. The van der Waals surface area contributed by atoms with Crippen molar-refractivity contribution in [2.75, 3.05) is 33.3 Å². The average molecular weight is 511 g/mol. The Morgan fingerprint density at radius 3 is 2.39 bits per heavy atom. The van der Waals surface area contributed by atoms with E-state index < -0.39 is 0 Å². The summed E-state index contributed by atoms with van der Waals surface area (Å²) >= 11 is 0. The molecule has 1 unspecified atom stereocenters. The number of hydrogen-bond donors (Lipinski definition) is 0. The third-order valence-corrected chi connectivity index (χ3v) is 8.49. The lowest BCUT2D eigenvalue weighted by Gasteiger charge is -2.32. The van der Waals surface area contributed by atoms with Crippen LogP contribution in [0.25, 0.3) is 0 Å². The Balaban J connectivity index is 1.11. The number of benzene rings is 3. The fourth-order valence-electron chi connectivity index (χ4n) is 6.29. The molecular formula is C34H42N2O2. The van der Waals surface area contributed by atoms with Crippen molar-refractivity contribution in [1.29, 1.82) is 0 Å². The van der Waals surface area contributed by atoms with Crippen LogP contribution in [0.4, 0.5) is 0 Å². The smallest absolute Gasteiger partial charge is 0.141 e. The zero-order chi connectivity index (χ0) is 26.2. The molecule has 0 aromatic heterocycles. The molecule has 1 atom stereocenters. The van der Waals surface area contributed by atoms with E-state index in [1.165, 1.54) is 41.5 Å². The predicted octanol–water partition coefficient (Wildman–Crippen LogP) is 6.49. The van der Waals surface area contributed by atoms with Gasteiger partial charge in [-0.3, -0.25) is 14.6 Å². The van der Waals surface area contributed by atoms with E-state index in [0.29, 0.717) is 12.2 Å². The minimum atomic E-state index is -0.0119. The number of nitrogens with zero attached hydrogens (tertiary/aromatic N) is 2. The van der Waals surface area contributed by atoms with E-state index in [9.17, 15) is 4.79 Å². The number of ether oxygens (including phenoxy) is 1. The highest BCUT2D eigenvalue weighted by Gasteiger charge is 2.28. The zero-order valence-electron chi connectivity index (χ0n) is 22.9. The molecule has 0 amide bonds. The number of rotatable bonds is 10. The first-order valence-corrected chi connectivity index (χ1v) is 14.4. The number of ketones is 1. The number of fused-ring (bicyclic) bond motifs is 1. The molecule has 1 saturated heterocycles. The van der Waals surface area contributed by atoms with Crippen LogP contribution in [0.5, 0.6) is 5.75 Å². The number of carbonyl (C=O) groups excluding carboxylic acids is 1. The molecule has 1 fully saturated rings. The van der Waals surface area contributed by atoms with Gasteiger partial charge < -0.3 is 4.74 Å². The van der Waals surface area contributed by atoms with Crippen LogP contribution in [0.2, 0.25) is 0 Å². The molecule has 0 aliphatic carbocycles. The van der Waals surface area contributed by atoms with Gasteiger partial charge in [0, 0.05) is 32.6 Å². The van der Waals surface area contributed by atoms with E-state index in [0.717, 1.165) is 63.8 Å². The van der Waals surface area contributed by atoms with Crippen LogP contribution in [0.15, 0.2) is 78.9 Å². The number of Topliss-reactive ketones (excluding diaryl/α,β-unsaturated/α-hetero) is 1. The van der Waals surface area contributed by atoms with E-state index in [1.807, 2.05) is 6.07 Å². The summed E-state index contributed by atoms with van der Waals surface area (Å²) in [6.45, 7) is 6.01. The van der Waals surface area contributed by atoms with Crippen molar-refractivity contribution in [3.63, 3.8) is 0 Å². The van der Waals surface area contributed by atoms with Crippen molar-refractivity contribution < 1.29 is 9.53 Å². The highest BCUT2D eigenvalue weighted by molar-refractivity contribution is 5.86. The fourth-order valence-corrected chi connectivity index (χ4v) is 6.29. The molecule has 200 valence electrons. The van der Waals surface area contributed by atoms with E-state index in [-0.39, 0.29) is 5.92 Å². The molecule has 2 aliphatic heterocycles. The molecule has 5 rings (SSSR count). The van der Waals surface area contributed by atoms with Crippen LogP contribution in [0, 0.1) is 5.92 Å². The summed E-state index contributed by atoms with van der Waals surface area (Å²) in [4.78, 5) is 18.7. The monoisotopic (exact) mass is 510 g/mol. The van der Waals surface area contributed by atoms with E-state index >= 15 is 0 Å². The van der Waals surface area contributed by atoms with Gasteiger partial charge in [-0.2, -0.15) is 0 Å². The Labute approximate surface area is 228 Å². The van der Waals surface area contributed by atoms with Crippen molar-refractivity contribution in [3.8, 4) is 5.75 Å². The molecule has 0 spiro atoms. The first kappa shape index (κ1) is 26.6. The molecular weight excluding hydrogens is 468 g/mol. The summed E-state index contributed by atoms with van der Waals surface area (Å²) in [5, 5.41) is 0. The predicted molar refractivity (Wildman–Crippen MR) is 154 cm³/mol. The van der Waals surface area contributed by atoms with Crippen LogP contribution >= 0.6 is 0 Å². The lowest BCUT2D eigenvalue weighted by molar-refractivity contribution is -0.121. The maximum absolute atomic E-state index is 13.6. The Kier molecular flexibility index (Phi) is 9.27. The molecule has 38 heavy (non-hydrogen) atoms. The number of hydrogen-bond acceptors (Lipinski definition) is 4. The largest absolute Gasteiger partial charge is 0.497 e. The quantitative estimate of drug-likeness (QED) is 0.312. The van der Waals surface area contributed by atoms with Gasteiger partial charge in [-0.05, 0) is 85.5 Å². The van der Waals surface area contributed by atoms with Gasteiger partial charge in [0.15, 0.2) is 0 Å². The molecule has 0 radical (unpaired) electrons. The molecule has 2 aliphatic rings. The van der Waals surface area contributed by atoms with Crippen molar-refractivity contribution >= 4 is 5.78 Å². The SMILES string of the molecule is COc1cccc(CN2CCC(CCCC(=O)C3CN(Cc4ccccc4)CCc4ccccc43)CC2)c1. The summed E-state index contributed by atoms with van der Waals surface area (Å²) in [5.41, 5.74) is 5.25. The molecule has 3 aromatic rings. The summed E-state index contributed by atoms with van der Waals surface area (Å²) in [5.74, 6) is 2.08. The topological polar surface area (TPSA) is 32.8 Å². The number of methoxy groups -OCH3 is 1. The first-order chi connectivity index (χ1) is 18.7. The second-order valence-electron chi connectivity index (χ2n) is 11.2. The lowest BCUT2D eigenvalue weighted by Crippen LogP contribution is -2.33. The summed E-state index contributed by atoms with van der Waals surface area (Å²) in [6, 6.07) is 27.7. The highest BCUT2D eigenvalue weighted by Crippen LogP contribution is 2.30. The van der Waals surface area contributed by atoms with Gasteiger partial charge in [0.05, 0.1) is 13.0 Å². The third kappa shape index (κ3) is 7.12. The molecule has 3 aromatic carbocycles. The van der Waals surface area contributed by atoms with Crippen LogP contribution in [0.1, 0.15) is 60.3 Å². The molecule has 0 N–H and O–H groups in total. The average Bonchev–Trinajstić information content (AvgIpc) is 3.14. The minimum Gasteiger partial charge on any atom is -0.497 e. The molecule has 2 heterocycles. The molecule has 4 nitrogen and oxygen atoms in total. The Bertz CT molecular complexity index is 1170. The molecule has 0 saturated carbocycles. The minimum absolute atomic E-state index is 0.0119. The zero-order valence-corrected chi connectivity index (χ0v) is 22.9. The standard InChI is InChI=1S/C34H42N2O2/c1-38-31-14-7-12-29(23-31)25-35-20-17-27(18-21-35)11-8-16-34(37)33-26-36(24-28-9-3-2-4-10-28)22-19-30-13-5-6-15-32(30)33/h2-7,9-10,12-15,23,27,33H,8,11,16-22,24-26H2,1H3. The van der Waals surface area contributed by atoms with Crippen molar-refractivity contribution in [3.05, 3.63) is 101 Å². The Hall–Kier alpha value is -2.95. The van der Waals surface area contributed by atoms with Gasteiger partial charge >= 0.3 is 0 Å². The summed E-state index contributed by atoms with van der Waals surface area (Å²) in [7, 11) is 1.73. The van der Waals surface area contributed by atoms with Crippen LogP contribution in [0.3, 0.4) is 0 Å². The third-order valence-electron chi connectivity index (χ3n) is 8.49. The summed E-state index contributed by atoms with van der Waals surface area (Å²) in [6.07, 6.45) is 6.35. The second kappa shape index (κ2) is 13.2. The van der Waals surface area contributed by atoms with Crippen LogP contribution in [-0.2, 0) is 24.3 Å². The van der Waals surface area contributed by atoms with Crippen LogP contribution < -0.4 is 4.74 Å². The second-order valence-corrected chi connectivity index (χ2v) is 11.2.